The summed E-state index contributed by atoms with van der Waals surface area (Å²) in [6.45, 7) is 1.94. The molecule has 5 nitrogen and oxygen atoms in total. The highest BCUT2D eigenvalue weighted by molar-refractivity contribution is 14.1. The van der Waals surface area contributed by atoms with Crippen molar-refractivity contribution in [2.75, 3.05) is 5.32 Å². The molecule has 1 N–H and O–H groups in total. The molecule has 0 bridgehead atoms. The topological polar surface area (TPSA) is 59.3 Å². The molecule has 4 aromatic rings. The van der Waals surface area contributed by atoms with Gasteiger partial charge in [0, 0.05) is 32.9 Å². The molecule has 128 valence electrons. The van der Waals surface area contributed by atoms with Crippen LogP contribution in [0.2, 0.25) is 0 Å². The molecule has 0 saturated carbocycles. The first-order chi connectivity index (χ1) is 12.6. The normalized spacial score (nSPS) is 10.8. The lowest BCUT2D eigenvalue weighted by Gasteiger charge is -2.07. The molecular formula is C20H15IN4O. The number of hydrogen-bond donors (Lipinski definition) is 1. The van der Waals surface area contributed by atoms with Gasteiger partial charge in [0.2, 0.25) is 5.78 Å². The van der Waals surface area contributed by atoms with E-state index in [1.165, 1.54) is 0 Å². The van der Waals surface area contributed by atoms with E-state index in [0.717, 1.165) is 26.2 Å². The number of imidazole rings is 1. The molecule has 4 rings (SSSR count). The summed E-state index contributed by atoms with van der Waals surface area (Å²) >= 11 is 2.16. The molecule has 6 heteroatoms. The number of amides is 1. The Morgan fingerprint density at radius 1 is 1.04 bits per heavy atom. The van der Waals surface area contributed by atoms with Gasteiger partial charge in [-0.2, -0.15) is 0 Å². The van der Waals surface area contributed by atoms with Crippen LogP contribution in [0.15, 0.2) is 67.0 Å². The Bertz CT molecular complexity index is 1100. The zero-order chi connectivity index (χ0) is 18.1. The van der Waals surface area contributed by atoms with E-state index in [9.17, 15) is 4.79 Å². The maximum absolute atomic E-state index is 12.4. The number of aryl methyl sites for hydroxylation is 1. The van der Waals surface area contributed by atoms with Crippen LogP contribution in [0.5, 0.6) is 0 Å². The minimum Gasteiger partial charge on any atom is -0.322 e. The first-order valence-electron chi connectivity index (χ1n) is 8.09. The molecular weight excluding hydrogens is 439 g/mol. The standard InChI is InChI=1S/C20H15IN4O/c1-13-10-11-25-12-18(24-20(25)22-13)14-6-8-15(9-7-14)23-19(26)16-4-2-3-5-17(16)21/h2-12H,1H3,(H,23,26). The summed E-state index contributed by atoms with van der Waals surface area (Å²) in [5.41, 5.74) is 4.16. The quantitative estimate of drug-likeness (QED) is 0.462. The zero-order valence-corrected chi connectivity index (χ0v) is 16.1. The van der Waals surface area contributed by atoms with Crippen molar-refractivity contribution in [3.05, 3.63) is 81.8 Å². The maximum Gasteiger partial charge on any atom is 0.256 e. The lowest BCUT2D eigenvalue weighted by Crippen LogP contribution is -2.13. The number of rotatable bonds is 3. The fraction of sp³-hybridized carbons (Fsp3) is 0.0500. The van der Waals surface area contributed by atoms with Gasteiger partial charge in [0.15, 0.2) is 0 Å². The van der Waals surface area contributed by atoms with Gasteiger partial charge in [-0.15, -0.1) is 0 Å². The van der Waals surface area contributed by atoms with Gasteiger partial charge in [0.1, 0.15) is 0 Å². The summed E-state index contributed by atoms with van der Waals surface area (Å²) in [4.78, 5) is 21.4. The van der Waals surface area contributed by atoms with Crippen molar-refractivity contribution in [1.82, 2.24) is 14.4 Å². The van der Waals surface area contributed by atoms with Crippen molar-refractivity contribution >= 4 is 40.0 Å². The number of carbonyl (C=O) groups is 1. The molecule has 0 fully saturated rings. The maximum atomic E-state index is 12.4. The molecule has 0 saturated heterocycles. The van der Waals surface area contributed by atoms with Crippen molar-refractivity contribution in [2.24, 2.45) is 0 Å². The lowest BCUT2D eigenvalue weighted by atomic mass is 10.1. The molecule has 0 atom stereocenters. The number of nitrogens with zero attached hydrogens (tertiary/aromatic N) is 3. The molecule has 0 spiro atoms. The first-order valence-corrected chi connectivity index (χ1v) is 9.17. The molecule has 0 aliphatic rings. The number of nitrogens with one attached hydrogen (secondary N) is 1. The summed E-state index contributed by atoms with van der Waals surface area (Å²) in [6.07, 6.45) is 3.89. The van der Waals surface area contributed by atoms with Gasteiger partial charge in [-0.25, -0.2) is 9.97 Å². The predicted octanol–water partition coefficient (Wildman–Crippen LogP) is 4.56. The van der Waals surface area contributed by atoms with E-state index in [1.54, 1.807) is 0 Å². The van der Waals surface area contributed by atoms with E-state index in [-0.39, 0.29) is 5.91 Å². The smallest absolute Gasteiger partial charge is 0.256 e. The highest BCUT2D eigenvalue weighted by atomic mass is 127. The number of anilines is 1. The van der Waals surface area contributed by atoms with Crippen molar-refractivity contribution < 1.29 is 4.79 Å². The monoisotopic (exact) mass is 454 g/mol. The van der Waals surface area contributed by atoms with Crippen LogP contribution in [0.1, 0.15) is 16.1 Å². The van der Waals surface area contributed by atoms with Crippen LogP contribution in [0, 0.1) is 10.5 Å². The molecule has 2 heterocycles. The highest BCUT2D eigenvalue weighted by Crippen LogP contribution is 2.22. The van der Waals surface area contributed by atoms with E-state index in [0.29, 0.717) is 11.3 Å². The van der Waals surface area contributed by atoms with Gasteiger partial charge in [0.05, 0.1) is 11.3 Å². The van der Waals surface area contributed by atoms with Crippen LogP contribution in [0.4, 0.5) is 5.69 Å². The number of halogens is 1. The van der Waals surface area contributed by atoms with E-state index in [1.807, 2.05) is 78.3 Å². The number of hydrogen-bond acceptors (Lipinski definition) is 3. The fourth-order valence-corrected chi connectivity index (χ4v) is 3.30. The van der Waals surface area contributed by atoms with Gasteiger partial charge in [-0.05, 0) is 59.8 Å². The largest absolute Gasteiger partial charge is 0.322 e. The van der Waals surface area contributed by atoms with Crippen LogP contribution in [-0.2, 0) is 0 Å². The third kappa shape index (κ3) is 3.32. The average Bonchev–Trinajstić information content (AvgIpc) is 3.05. The second-order valence-electron chi connectivity index (χ2n) is 5.91. The van der Waals surface area contributed by atoms with Gasteiger partial charge >= 0.3 is 0 Å². The first kappa shape index (κ1) is 16.7. The summed E-state index contributed by atoms with van der Waals surface area (Å²) in [6, 6.07) is 17.1. The fourth-order valence-electron chi connectivity index (χ4n) is 2.67. The Morgan fingerprint density at radius 3 is 2.58 bits per heavy atom. The molecule has 2 aromatic carbocycles. The summed E-state index contributed by atoms with van der Waals surface area (Å²) < 4.78 is 2.82. The molecule has 2 aromatic heterocycles. The second kappa shape index (κ2) is 6.87. The Balaban J connectivity index is 1.56. The van der Waals surface area contributed by atoms with E-state index < -0.39 is 0 Å². The van der Waals surface area contributed by atoms with Crippen molar-refractivity contribution in [3.8, 4) is 11.3 Å². The molecule has 1 amide bonds. The third-order valence-electron chi connectivity index (χ3n) is 4.02. The van der Waals surface area contributed by atoms with E-state index in [4.69, 9.17) is 0 Å². The third-order valence-corrected chi connectivity index (χ3v) is 4.96. The Kier molecular flexibility index (Phi) is 4.42. The second-order valence-corrected chi connectivity index (χ2v) is 7.08. The number of carbonyl (C=O) groups excluding carboxylic acids is 1. The molecule has 0 aliphatic carbocycles. The average molecular weight is 454 g/mol. The predicted molar refractivity (Wildman–Crippen MR) is 110 cm³/mol. The van der Waals surface area contributed by atoms with Crippen LogP contribution in [-0.4, -0.2) is 20.3 Å². The van der Waals surface area contributed by atoms with Crippen LogP contribution in [0.3, 0.4) is 0 Å². The Hall–Kier alpha value is -2.74. The molecule has 0 aliphatic heterocycles. The van der Waals surface area contributed by atoms with E-state index in [2.05, 4.69) is 37.9 Å². The minimum absolute atomic E-state index is 0.116. The SMILES string of the molecule is Cc1ccn2cc(-c3ccc(NC(=O)c4ccccc4I)cc3)nc2n1. The minimum atomic E-state index is -0.116. The summed E-state index contributed by atoms with van der Waals surface area (Å²) in [5.74, 6) is 0.561. The highest BCUT2D eigenvalue weighted by Gasteiger charge is 2.10. The molecule has 0 unspecified atom stereocenters. The Morgan fingerprint density at radius 2 is 1.81 bits per heavy atom. The van der Waals surface area contributed by atoms with Crippen LogP contribution >= 0.6 is 22.6 Å². The zero-order valence-electron chi connectivity index (χ0n) is 14.0. The summed E-state index contributed by atoms with van der Waals surface area (Å²) in [7, 11) is 0. The number of fused-ring (bicyclic) bond motifs is 1. The van der Waals surface area contributed by atoms with Gasteiger partial charge in [-0.1, -0.05) is 24.3 Å². The van der Waals surface area contributed by atoms with Crippen molar-refractivity contribution in [3.63, 3.8) is 0 Å². The lowest BCUT2D eigenvalue weighted by molar-refractivity contribution is 0.102. The number of aromatic nitrogens is 3. The van der Waals surface area contributed by atoms with E-state index >= 15 is 0 Å². The van der Waals surface area contributed by atoms with Crippen LogP contribution < -0.4 is 5.32 Å². The van der Waals surface area contributed by atoms with Crippen molar-refractivity contribution in [1.29, 1.82) is 0 Å². The molecule has 26 heavy (non-hydrogen) atoms. The Labute approximate surface area is 164 Å². The van der Waals surface area contributed by atoms with Crippen LogP contribution in [0.25, 0.3) is 17.0 Å². The number of benzene rings is 2. The van der Waals surface area contributed by atoms with Gasteiger partial charge < -0.3 is 5.32 Å². The van der Waals surface area contributed by atoms with Gasteiger partial charge in [0.25, 0.3) is 5.91 Å². The van der Waals surface area contributed by atoms with Gasteiger partial charge in [-0.3, -0.25) is 9.20 Å². The van der Waals surface area contributed by atoms with Crippen molar-refractivity contribution in [2.45, 2.75) is 6.92 Å². The summed E-state index contributed by atoms with van der Waals surface area (Å²) in [5, 5.41) is 2.93. The molecule has 0 radical (unpaired) electrons.